The van der Waals surface area contributed by atoms with Crippen molar-refractivity contribution in [1.82, 2.24) is 5.32 Å². The van der Waals surface area contributed by atoms with Crippen LogP contribution in [0.15, 0.2) is 17.5 Å². The van der Waals surface area contributed by atoms with Crippen LogP contribution in [-0.4, -0.2) is 12.5 Å². The van der Waals surface area contributed by atoms with Gasteiger partial charge in [-0.2, -0.15) is 0 Å². The Morgan fingerprint density at radius 1 is 1.25 bits per heavy atom. The second-order valence-electron chi connectivity index (χ2n) is 4.00. The summed E-state index contributed by atoms with van der Waals surface area (Å²) in [5.74, 6) is 0.0727. The number of rotatable bonds is 8. The fraction of sp³-hybridized carbons (Fsp3) is 0.615. The summed E-state index contributed by atoms with van der Waals surface area (Å²) >= 11 is 1.49. The third-order valence-electron chi connectivity index (χ3n) is 2.56. The monoisotopic (exact) mass is 239 g/mol. The Morgan fingerprint density at radius 3 is 2.69 bits per heavy atom. The molecule has 0 aliphatic carbocycles. The SMILES string of the molecule is CCCCCCCCNC(=O)c1cccs1. The molecule has 3 heteroatoms. The highest BCUT2D eigenvalue weighted by Gasteiger charge is 2.04. The Bertz CT molecular complexity index is 282. The molecule has 0 saturated heterocycles. The van der Waals surface area contributed by atoms with Crippen molar-refractivity contribution in [3.8, 4) is 0 Å². The topological polar surface area (TPSA) is 29.1 Å². The third-order valence-corrected chi connectivity index (χ3v) is 3.43. The van der Waals surface area contributed by atoms with Gasteiger partial charge in [0.25, 0.3) is 5.91 Å². The number of nitrogens with one attached hydrogen (secondary N) is 1. The van der Waals surface area contributed by atoms with Crippen molar-refractivity contribution in [3.63, 3.8) is 0 Å². The number of carbonyl (C=O) groups is 1. The van der Waals surface area contributed by atoms with E-state index in [1.807, 2.05) is 17.5 Å². The minimum absolute atomic E-state index is 0.0727. The molecule has 0 unspecified atom stereocenters. The highest BCUT2D eigenvalue weighted by atomic mass is 32.1. The quantitative estimate of drug-likeness (QED) is 0.686. The molecule has 1 N–H and O–H groups in total. The van der Waals surface area contributed by atoms with Crippen LogP contribution in [0, 0.1) is 0 Å². The van der Waals surface area contributed by atoms with E-state index in [1.54, 1.807) is 0 Å². The first-order valence-electron chi connectivity index (χ1n) is 6.16. The van der Waals surface area contributed by atoms with Crippen molar-refractivity contribution in [1.29, 1.82) is 0 Å². The van der Waals surface area contributed by atoms with Gasteiger partial charge in [0.1, 0.15) is 0 Å². The van der Waals surface area contributed by atoms with Crippen LogP contribution in [0.3, 0.4) is 0 Å². The molecule has 1 rings (SSSR count). The smallest absolute Gasteiger partial charge is 0.261 e. The van der Waals surface area contributed by atoms with E-state index in [0.717, 1.165) is 17.8 Å². The fourth-order valence-electron chi connectivity index (χ4n) is 1.60. The first-order chi connectivity index (χ1) is 7.84. The van der Waals surface area contributed by atoms with Gasteiger partial charge in [-0.3, -0.25) is 4.79 Å². The molecule has 1 aromatic rings. The van der Waals surface area contributed by atoms with E-state index in [0.29, 0.717) is 0 Å². The zero-order chi connectivity index (χ0) is 11.6. The van der Waals surface area contributed by atoms with Crippen LogP contribution >= 0.6 is 11.3 Å². The minimum atomic E-state index is 0.0727. The first kappa shape index (κ1) is 13.2. The molecule has 0 atom stereocenters. The lowest BCUT2D eigenvalue weighted by Crippen LogP contribution is -2.23. The number of amides is 1. The summed E-state index contributed by atoms with van der Waals surface area (Å²) in [6.07, 6.45) is 7.57. The lowest BCUT2D eigenvalue weighted by atomic mass is 10.1. The molecular formula is C13H21NOS. The van der Waals surface area contributed by atoms with Crippen molar-refractivity contribution in [3.05, 3.63) is 22.4 Å². The van der Waals surface area contributed by atoms with Crippen LogP contribution in [0.1, 0.15) is 55.1 Å². The van der Waals surface area contributed by atoms with Crippen molar-refractivity contribution < 1.29 is 4.79 Å². The Hall–Kier alpha value is -0.830. The van der Waals surface area contributed by atoms with E-state index in [1.165, 1.54) is 43.4 Å². The van der Waals surface area contributed by atoms with E-state index >= 15 is 0 Å². The molecule has 0 saturated carbocycles. The molecule has 0 aliphatic heterocycles. The van der Waals surface area contributed by atoms with Crippen molar-refractivity contribution in [2.24, 2.45) is 0 Å². The van der Waals surface area contributed by atoms with Crippen molar-refractivity contribution in [2.75, 3.05) is 6.54 Å². The number of hydrogen-bond donors (Lipinski definition) is 1. The molecule has 1 amide bonds. The predicted octanol–water partition coefficient (Wildman–Crippen LogP) is 3.84. The largest absolute Gasteiger partial charge is 0.351 e. The molecule has 0 bridgehead atoms. The van der Waals surface area contributed by atoms with Crippen LogP contribution < -0.4 is 5.32 Å². The van der Waals surface area contributed by atoms with Gasteiger partial charge in [-0.15, -0.1) is 11.3 Å². The summed E-state index contributed by atoms with van der Waals surface area (Å²) in [7, 11) is 0. The Morgan fingerprint density at radius 2 is 2.00 bits per heavy atom. The Labute approximate surface area is 102 Å². The number of carbonyl (C=O) groups excluding carboxylic acids is 1. The van der Waals surface area contributed by atoms with E-state index in [2.05, 4.69) is 12.2 Å². The molecule has 16 heavy (non-hydrogen) atoms. The summed E-state index contributed by atoms with van der Waals surface area (Å²) in [6.45, 7) is 3.03. The molecule has 0 aromatic carbocycles. The zero-order valence-corrected chi connectivity index (χ0v) is 10.8. The van der Waals surface area contributed by atoms with Gasteiger partial charge in [-0.05, 0) is 17.9 Å². The van der Waals surface area contributed by atoms with Gasteiger partial charge in [-0.25, -0.2) is 0 Å². The second kappa shape index (κ2) is 8.34. The van der Waals surface area contributed by atoms with Crippen molar-refractivity contribution >= 4 is 17.2 Å². The first-order valence-corrected chi connectivity index (χ1v) is 7.04. The molecule has 0 radical (unpaired) electrons. The summed E-state index contributed by atoms with van der Waals surface area (Å²) in [4.78, 5) is 12.4. The van der Waals surface area contributed by atoms with E-state index in [4.69, 9.17) is 0 Å². The van der Waals surface area contributed by atoms with Crippen molar-refractivity contribution in [2.45, 2.75) is 45.4 Å². The second-order valence-corrected chi connectivity index (χ2v) is 4.95. The van der Waals surface area contributed by atoms with Gasteiger partial charge >= 0.3 is 0 Å². The average molecular weight is 239 g/mol. The van der Waals surface area contributed by atoms with Gasteiger partial charge < -0.3 is 5.32 Å². The van der Waals surface area contributed by atoms with Crippen LogP contribution in [0.25, 0.3) is 0 Å². The molecule has 0 aliphatic rings. The van der Waals surface area contributed by atoms with Gasteiger partial charge in [0.15, 0.2) is 0 Å². The van der Waals surface area contributed by atoms with Crippen LogP contribution in [0.4, 0.5) is 0 Å². The maximum atomic E-state index is 11.5. The molecular weight excluding hydrogens is 218 g/mol. The standard InChI is InChI=1S/C13H21NOS/c1-2-3-4-5-6-7-10-14-13(15)12-9-8-11-16-12/h8-9,11H,2-7,10H2,1H3,(H,14,15). The maximum Gasteiger partial charge on any atom is 0.261 e. The predicted molar refractivity (Wildman–Crippen MR) is 70.0 cm³/mol. The number of hydrogen-bond acceptors (Lipinski definition) is 2. The van der Waals surface area contributed by atoms with Gasteiger partial charge in [0.05, 0.1) is 4.88 Å². The normalized spacial score (nSPS) is 10.3. The highest BCUT2D eigenvalue weighted by Crippen LogP contribution is 2.08. The molecule has 1 heterocycles. The number of thiophene rings is 1. The fourth-order valence-corrected chi connectivity index (χ4v) is 2.24. The van der Waals surface area contributed by atoms with Gasteiger partial charge in [0.2, 0.25) is 0 Å². The zero-order valence-electron chi connectivity index (χ0n) is 10.00. The highest BCUT2D eigenvalue weighted by molar-refractivity contribution is 7.12. The molecule has 90 valence electrons. The lowest BCUT2D eigenvalue weighted by molar-refractivity contribution is 0.0957. The summed E-state index contributed by atoms with van der Waals surface area (Å²) < 4.78 is 0. The van der Waals surface area contributed by atoms with Crippen LogP contribution in [-0.2, 0) is 0 Å². The summed E-state index contributed by atoms with van der Waals surface area (Å²) in [5, 5.41) is 4.88. The lowest BCUT2D eigenvalue weighted by Gasteiger charge is -2.03. The maximum absolute atomic E-state index is 11.5. The molecule has 0 fully saturated rings. The van der Waals surface area contributed by atoms with Gasteiger partial charge in [-0.1, -0.05) is 45.1 Å². The molecule has 0 spiro atoms. The van der Waals surface area contributed by atoms with Crippen LogP contribution in [0.5, 0.6) is 0 Å². The third kappa shape index (κ3) is 5.31. The molecule has 2 nitrogen and oxygen atoms in total. The number of unbranched alkanes of at least 4 members (excludes halogenated alkanes) is 5. The van der Waals surface area contributed by atoms with Gasteiger partial charge in [0, 0.05) is 6.54 Å². The van der Waals surface area contributed by atoms with E-state index < -0.39 is 0 Å². The summed E-state index contributed by atoms with van der Waals surface area (Å²) in [5.41, 5.74) is 0. The average Bonchev–Trinajstić information content (AvgIpc) is 2.81. The van der Waals surface area contributed by atoms with Crippen LogP contribution in [0.2, 0.25) is 0 Å². The van der Waals surface area contributed by atoms with E-state index in [-0.39, 0.29) is 5.91 Å². The summed E-state index contributed by atoms with van der Waals surface area (Å²) in [6, 6.07) is 3.77. The molecule has 1 aromatic heterocycles. The Kier molecular flexibility index (Phi) is 6.90. The van der Waals surface area contributed by atoms with E-state index in [9.17, 15) is 4.79 Å². The Balaban J connectivity index is 1.97. The minimum Gasteiger partial charge on any atom is -0.351 e.